The molecule has 2 rings (SSSR count). The zero-order valence-corrected chi connectivity index (χ0v) is 18.6. The highest BCUT2D eigenvalue weighted by Gasteiger charge is 2.19. The molecule has 6 N–H and O–H groups in total. The molecule has 0 heterocycles. The molecule has 2 atom stereocenters. The number of nitrogens with two attached hydrogens (primary N) is 2. The lowest BCUT2D eigenvalue weighted by Crippen LogP contribution is -2.50. The summed E-state index contributed by atoms with van der Waals surface area (Å²) < 4.78 is 13.7. The number of rotatable bonds is 5. The van der Waals surface area contributed by atoms with Crippen LogP contribution in [0.3, 0.4) is 0 Å². The van der Waals surface area contributed by atoms with Gasteiger partial charge in [-0.2, -0.15) is 0 Å². The van der Waals surface area contributed by atoms with E-state index in [2.05, 4.69) is 15.6 Å². The molecule has 0 aliphatic carbocycles. The highest BCUT2D eigenvalue weighted by molar-refractivity contribution is 6.31. The average Bonchev–Trinajstić information content (AvgIpc) is 2.62. The number of carbonyl (C=O) groups excluding carboxylic acids is 1. The molecule has 2 aromatic rings. The molecule has 0 radical (unpaired) electrons. The number of hydrogen-bond donors (Lipinski definition) is 4. The largest absolute Gasteiger partial charge is 0.351 e. The van der Waals surface area contributed by atoms with E-state index in [0.717, 1.165) is 11.6 Å². The van der Waals surface area contributed by atoms with E-state index in [-0.39, 0.29) is 22.6 Å². The van der Waals surface area contributed by atoms with E-state index in [1.165, 1.54) is 12.1 Å². The monoisotopic (exact) mass is 453 g/mol. The summed E-state index contributed by atoms with van der Waals surface area (Å²) in [6.07, 6.45) is -0.382. The van der Waals surface area contributed by atoms with Gasteiger partial charge >= 0.3 is 0 Å². The van der Waals surface area contributed by atoms with Crippen molar-refractivity contribution in [1.29, 1.82) is 0 Å². The normalized spacial score (nSPS) is 14.2. The first-order chi connectivity index (χ1) is 13.9. The highest BCUT2D eigenvalue weighted by atomic mass is 35.5. The lowest BCUT2D eigenvalue weighted by molar-refractivity contribution is 0.0974. The van der Waals surface area contributed by atoms with Crippen LogP contribution >= 0.6 is 23.2 Å². The number of benzene rings is 2. The van der Waals surface area contributed by atoms with Crippen LogP contribution in [-0.2, 0) is 0 Å². The van der Waals surface area contributed by atoms with Crippen molar-refractivity contribution in [2.75, 3.05) is 0 Å². The molecule has 0 saturated carbocycles. The molecule has 0 fully saturated rings. The average molecular weight is 454 g/mol. The summed E-state index contributed by atoms with van der Waals surface area (Å²) in [4.78, 5) is 16.9. The second-order valence-electron chi connectivity index (χ2n) is 7.90. The third-order valence-electron chi connectivity index (χ3n) is 3.97. The molecule has 0 aromatic heterocycles. The molecular formula is C21H26Cl2FN5O. The van der Waals surface area contributed by atoms with Gasteiger partial charge in [0.15, 0.2) is 5.96 Å². The zero-order chi connectivity index (χ0) is 22.5. The predicted molar refractivity (Wildman–Crippen MR) is 120 cm³/mol. The lowest BCUT2D eigenvalue weighted by Gasteiger charge is -2.25. The SMILES string of the molecule is CC(C)(C)NC(=NC(N)CC(N)c1cccc(Cl)c1)NC(=O)c1ccc(Cl)c(F)c1. The second-order valence-corrected chi connectivity index (χ2v) is 8.74. The van der Waals surface area contributed by atoms with E-state index < -0.39 is 23.4 Å². The Labute approximate surface area is 185 Å². The Bertz CT molecular complexity index is 930. The van der Waals surface area contributed by atoms with Gasteiger partial charge in [0.1, 0.15) is 12.0 Å². The third-order valence-corrected chi connectivity index (χ3v) is 4.52. The van der Waals surface area contributed by atoms with Crippen molar-refractivity contribution in [1.82, 2.24) is 10.6 Å². The first-order valence-corrected chi connectivity index (χ1v) is 10.1. The van der Waals surface area contributed by atoms with E-state index in [9.17, 15) is 9.18 Å². The van der Waals surface area contributed by atoms with Crippen LogP contribution in [0.15, 0.2) is 47.5 Å². The number of halogens is 3. The Morgan fingerprint density at radius 1 is 1.17 bits per heavy atom. The van der Waals surface area contributed by atoms with Gasteiger partial charge in [-0.05, 0) is 56.7 Å². The van der Waals surface area contributed by atoms with Crippen LogP contribution in [0.5, 0.6) is 0 Å². The molecule has 2 unspecified atom stereocenters. The maximum atomic E-state index is 13.7. The lowest BCUT2D eigenvalue weighted by atomic mass is 10.0. The number of amides is 1. The molecule has 6 nitrogen and oxygen atoms in total. The van der Waals surface area contributed by atoms with Crippen LogP contribution in [0.4, 0.5) is 4.39 Å². The van der Waals surface area contributed by atoms with Crippen LogP contribution < -0.4 is 22.1 Å². The number of carbonyl (C=O) groups is 1. The van der Waals surface area contributed by atoms with Gasteiger partial charge in [-0.3, -0.25) is 10.1 Å². The van der Waals surface area contributed by atoms with E-state index >= 15 is 0 Å². The fourth-order valence-corrected chi connectivity index (χ4v) is 2.94. The summed E-state index contributed by atoms with van der Waals surface area (Å²) in [7, 11) is 0. The predicted octanol–water partition coefficient (Wildman–Crippen LogP) is 3.98. The summed E-state index contributed by atoms with van der Waals surface area (Å²) in [6.45, 7) is 5.71. The smallest absolute Gasteiger partial charge is 0.258 e. The molecule has 0 aliphatic heterocycles. The number of guanidine groups is 1. The fraction of sp³-hybridized carbons (Fsp3) is 0.333. The van der Waals surface area contributed by atoms with Crippen molar-refractivity contribution in [2.45, 2.75) is 44.9 Å². The first-order valence-electron chi connectivity index (χ1n) is 9.33. The number of hydrogen-bond acceptors (Lipinski definition) is 4. The minimum absolute atomic E-state index is 0.0646. The van der Waals surface area contributed by atoms with E-state index in [1.807, 2.05) is 32.9 Å². The summed E-state index contributed by atoms with van der Waals surface area (Å²) >= 11 is 11.7. The number of aliphatic imine (C=N–C) groups is 1. The van der Waals surface area contributed by atoms with Crippen molar-refractivity contribution in [3.05, 3.63) is 69.5 Å². The topological polar surface area (TPSA) is 106 Å². The summed E-state index contributed by atoms with van der Waals surface area (Å²) in [5.74, 6) is -1.07. The van der Waals surface area contributed by atoms with Crippen LogP contribution in [0.1, 0.15) is 49.2 Å². The zero-order valence-electron chi connectivity index (χ0n) is 17.0. The second kappa shape index (κ2) is 10.2. The Morgan fingerprint density at radius 2 is 1.87 bits per heavy atom. The molecule has 162 valence electrons. The summed E-state index contributed by atoms with van der Waals surface area (Å²) in [5, 5.41) is 6.25. The number of nitrogens with one attached hydrogen (secondary N) is 2. The van der Waals surface area contributed by atoms with Crippen molar-refractivity contribution >= 4 is 35.1 Å². The van der Waals surface area contributed by atoms with Crippen molar-refractivity contribution in [3.63, 3.8) is 0 Å². The van der Waals surface area contributed by atoms with E-state index in [4.69, 9.17) is 34.7 Å². The fourth-order valence-electron chi connectivity index (χ4n) is 2.62. The molecule has 2 aromatic carbocycles. The van der Waals surface area contributed by atoms with Crippen LogP contribution in [-0.4, -0.2) is 23.6 Å². The molecule has 1 amide bonds. The Morgan fingerprint density at radius 3 is 2.47 bits per heavy atom. The van der Waals surface area contributed by atoms with Gasteiger partial charge in [0, 0.05) is 28.6 Å². The van der Waals surface area contributed by atoms with Gasteiger partial charge in [-0.1, -0.05) is 35.3 Å². The van der Waals surface area contributed by atoms with Crippen molar-refractivity contribution in [2.24, 2.45) is 16.5 Å². The Kier molecular flexibility index (Phi) is 8.20. The molecule has 0 spiro atoms. The van der Waals surface area contributed by atoms with Gasteiger partial charge in [-0.25, -0.2) is 9.38 Å². The molecule has 0 aliphatic rings. The number of nitrogens with zero attached hydrogens (tertiary/aromatic N) is 1. The quantitative estimate of drug-likeness (QED) is 0.405. The van der Waals surface area contributed by atoms with Gasteiger partial charge < -0.3 is 16.8 Å². The minimum atomic E-state index is -0.703. The van der Waals surface area contributed by atoms with Crippen LogP contribution in [0.25, 0.3) is 0 Å². The van der Waals surface area contributed by atoms with Gasteiger partial charge in [0.2, 0.25) is 0 Å². The van der Waals surface area contributed by atoms with E-state index in [0.29, 0.717) is 11.4 Å². The Hall–Kier alpha value is -2.19. The molecule has 30 heavy (non-hydrogen) atoms. The third kappa shape index (κ3) is 7.57. The maximum absolute atomic E-state index is 13.7. The molecule has 0 saturated heterocycles. The Balaban J connectivity index is 2.16. The van der Waals surface area contributed by atoms with Crippen molar-refractivity contribution in [3.8, 4) is 0 Å². The van der Waals surface area contributed by atoms with Gasteiger partial charge in [0.05, 0.1) is 5.02 Å². The van der Waals surface area contributed by atoms with E-state index in [1.54, 1.807) is 12.1 Å². The highest BCUT2D eigenvalue weighted by Crippen LogP contribution is 2.20. The standard InChI is InChI=1S/C21H26Cl2FN5O/c1-21(2,3)29-20(28-19(30)13-7-8-15(23)16(24)10-13)27-18(26)11-17(25)12-5-4-6-14(22)9-12/h4-10,17-18H,11,25-26H2,1-3H3,(H2,27,28,29,30). The summed E-state index contributed by atoms with van der Waals surface area (Å²) in [5.41, 5.74) is 12.9. The van der Waals surface area contributed by atoms with Crippen LogP contribution in [0.2, 0.25) is 10.0 Å². The first kappa shape index (κ1) is 24.1. The molecule has 0 bridgehead atoms. The maximum Gasteiger partial charge on any atom is 0.258 e. The minimum Gasteiger partial charge on any atom is -0.351 e. The van der Waals surface area contributed by atoms with Gasteiger partial charge in [0.25, 0.3) is 5.91 Å². The van der Waals surface area contributed by atoms with Crippen LogP contribution in [0, 0.1) is 5.82 Å². The van der Waals surface area contributed by atoms with Gasteiger partial charge in [-0.15, -0.1) is 0 Å². The van der Waals surface area contributed by atoms with Crippen molar-refractivity contribution < 1.29 is 9.18 Å². The molecular weight excluding hydrogens is 428 g/mol. The molecule has 9 heteroatoms. The summed E-state index contributed by atoms with van der Waals surface area (Å²) in [6, 6.07) is 10.6.